The van der Waals surface area contributed by atoms with Gasteiger partial charge >= 0.3 is 0 Å². The Hall–Kier alpha value is -3.43. The number of likely N-dealkylation sites (N-methyl/N-ethyl adjacent to an activating group) is 1. The van der Waals surface area contributed by atoms with Crippen molar-refractivity contribution in [3.8, 4) is 5.75 Å². The number of carbonyl (C=O) groups excluding carboxylic acids is 2. The molecule has 0 bridgehead atoms. The molecule has 38 heavy (non-hydrogen) atoms. The first-order valence-corrected chi connectivity index (χ1v) is 13.8. The zero-order valence-corrected chi connectivity index (χ0v) is 22.9. The maximum atomic E-state index is 12.5. The van der Waals surface area contributed by atoms with E-state index < -0.39 is 0 Å². The third-order valence-corrected chi connectivity index (χ3v) is 7.41. The number of oxime groups is 1. The lowest BCUT2D eigenvalue weighted by Gasteiger charge is -2.28. The first-order chi connectivity index (χ1) is 18.5. The molecule has 0 unspecified atom stereocenters. The van der Waals surface area contributed by atoms with Crippen molar-refractivity contribution in [3.63, 3.8) is 0 Å². The first kappa shape index (κ1) is 27.6. The van der Waals surface area contributed by atoms with Crippen LogP contribution in [0.2, 0.25) is 0 Å². The third-order valence-electron chi connectivity index (χ3n) is 6.53. The number of carbonyl (C=O) groups is 2. The van der Waals surface area contributed by atoms with Crippen molar-refractivity contribution in [3.05, 3.63) is 65.0 Å². The van der Waals surface area contributed by atoms with E-state index in [0.717, 1.165) is 49.2 Å². The van der Waals surface area contributed by atoms with Crippen molar-refractivity contribution in [2.75, 3.05) is 47.0 Å². The van der Waals surface area contributed by atoms with Crippen LogP contribution < -0.4 is 4.74 Å². The van der Waals surface area contributed by atoms with E-state index in [-0.39, 0.29) is 25.0 Å². The van der Waals surface area contributed by atoms with Gasteiger partial charge in [-0.2, -0.15) is 0 Å². The average Bonchev–Trinajstić information content (AvgIpc) is 3.42. The van der Waals surface area contributed by atoms with E-state index in [9.17, 15) is 9.59 Å². The minimum absolute atomic E-state index is 0.0120. The second kappa shape index (κ2) is 13.9. The van der Waals surface area contributed by atoms with Crippen LogP contribution in [0.4, 0.5) is 0 Å². The molecule has 2 amide bonds. The number of fused-ring (bicyclic) bond motifs is 1. The Kier molecular flexibility index (Phi) is 10.1. The maximum Gasteiger partial charge on any atom is 0.260 e. The van der Waals surface area contributed by atoms with Crippen LogP contribution in [0.15, 0.2) is 59.1 Å². The first-order valence-electron chi connectivity index (χ1n) is 12.9. The Bertz CT molecular complexity index is 1230. The molecule has 9 heteroatoms. The fraction of sp³-hybridized carbons (Fsp3) is 0.414. The van der Waals surface area contributed by atoms with Crippen molar-refractivity contribution in [1.29, 1.82) is 0 Å². The largest absolute Gasteiger partial charge is 0.484 e. The molecule has 4 rings (SSSR count). The molecule has 1 aliphatic rings. The highest BCUT2D eigenvalue weighted by molar-refractivity contribution is 7.17. The average molecular weight is 538 g/mol. The molecule has 202 valence electrons. The second-order valence-corrected chi connectivity index (χ2v) is 10.3. The molecule has 3 aromatic rings. The van der Waals surface area contributed by atoms with Gasteiger partial charge in [-0.3, -0.25) is 9.59 Å². The highest BCUT2D eigenvalue weighted by Crippen LogP contribution is 2.22. The lowest BCUT2D eigenvalue weighted by Crippen LogP contribution is -2.44. The number of amides is 2. The summed E-state index contributed by atoms with van der Waals surface area (Å²) in [5, 5.41) is 7.70. The number of nitrogens with zero attached hydrogens (tertiary/aromatic N) is 3. The lowest BCUT2D eigenvalue weighted by atomic mass is 10.1. The molecular weight excluding hydrogens is 502 g/mol. The van der Waals surface area contributed by atoms with Crippen LogP contribution in [0.3, 0.4) is 0 Å². The number of ether oxygens (including phenoxy) is 2. The van der Waals surface area contributed by atoms with Crippen LogP contribution in [0.5, 0.6) is 5.75 Å². The van der Waals surface area contributed by atoms with Crippen LogP contribution >= 0.6 is 11.3 Å². The second-order valence-electron chi connectivity index (χ2n) is 9.35. The van der Waals surface area contributed by atoms with E-state index in [1.165, 1.54) is 15.0 Å². The summed E-state index contributed by atoms with van der Waals surface area (Å²) >= 11 is 1.71. The van der Waals surface area contributed by atoms with Gasteiger partial charge in [0.05, 0.1) is 18.9 Å². The molecule has 0 atom stereocenters. The molecule has 8 nitrogen and oxygen atoms in total. The maximum absolute atomic E-state index is 12.5. The summed E-state index contributed by atoms with van der Waals surface area (Å²) in [6, 6.07) is 15.7. The minimum Gasteiger partial charge on any atom is -0.484 e. The summed E-state index contributed by atoms with van der Waals surface area (Å²) in [7, 11) is 3.29. The molecule has 0 aliphatic carbocycles. The minimum atomic E-state index is -0.240. The highest BCUT2D eigenvalue weighted by Gasteiger charge is 2.20. The predicted molar refractivity (Wildman–Crippen MR) is 150 cm³/mol. The summed E-state index contributed by atoms with van der Waals surface area (Å²) in [6.07, 6.45) is 3.80. The van der Waals surface area contributed by atoms with E-state index in [4.69, 9.17) is 14.3 Å². The molecule has 1 aromatic heterocycles. The van der Waals surface area contributed by atoms with Crippen LogP contribution in [0.25, 0.3) is 10.1 Å². The van der Waals surface area contributed by atoms with Crippen molar-refractivity contribution < 1.29 is 23.9 Å². The summed E-state index contributed by atoms with van der Waals surface area (Å²) in [6.45, 7) is 2.37. The quantitative estimate of drug-likeness (QED) is 0.247. The van der Waals surface area contributed by atoms with E-state index in [1.807, 2.05) is 23.1 Å². The van der Waals surface area contributed by atoms with Crippen molar-refractivity contribution in [2.24, 2.45) is 5.16 Å². The van der Waals surface area contributed by atoms with Gasteiger partial charge in [0.25, 0.3) is 5.91 Å². The molecule has 0 N–H and O–H groups in total. The normalized spacial score (nSPS) is 13.9. The summed E-state index contributed by atoms with van der Waals surface area (Å²) < 4.78 is 12.2. The van der Waals surface area contributed by atoms with Crippen molar-refractivity contribution in [2.45, 2.75) is 32.3 Å². The van der Waals surface area contributed by atoms with E-state index in [1.54, 1.807) is 37.6 Å². The molecule has 0 saturated carbocycles. The zero-order valence-electron chi connectivity index (χ0n) is 22.1. The van der Waals surface area contributed by atoms with Crippen LogP contribution in [0.1, 0.15) is 36.8 Å². The standard InChI is InChI=1S/C29H35N3O5S/c1-31(19-28(33)32-14-4-3-5-15-32)29(34)21-36-25-10-8-23(9-11-25)26(12-16-35-2)30-37-20-22-6-7-24-13-17-38-27(24)18-22/h6-11,13,17-18H,3-5,12,14-16,19-21H2,1-2H3/b30-26-. The molecule has 1 fully saturated rings. The van der Waals surface area contributed by atoms with E-state index in [2.05, 4.69) is 28.7 Å². The van der Waals surface area contributed by atoms with Crippen LogP contribution in [0, 0.1) is 0 Å². The molecule has 1 aliphatic heterocycles. The lowest BCUT2D eigenvalue weighted by molar-refractivity contribution is -0.140. The van der Waals surface area contributed by atoms with Gasteiger partial charge in [-0.05, 0) is 77.6 Å². The number of thiophene rings is 1. The van der Waals surface area contributed by atoms with Gasteiger partial charge in [0.1, 0.15) is 12.4 Å². The number of methoxy groups -OCH3 is 1. The van der Waals surface area contributed by atoms with E-state index in [0.29, 0.717) is 25.4 Å². The molecule has 1 saturated heterocycles. The number of piperidine rings is 1. The van der Waals surface area contributed by atoms with Gasteiger partial charge in [-0.15, -0.1) is 11.3 Å². The third kappa shape index (κ3) is 7.79. The Morgan fingerprint density at radius 3 is 2.61 bits per heavy atom. The van der Waals surface area contributed by atoms with Gasteiger partial charge in [0, 0.05) is 38.4 Å². The van der Waals surface area contributed by atoms with Gasteiger partial charge in [0.2, 0.25) is 5.91 Å². The summed E-state index contributed by atoms with van der Waals surface area (Å²) in [4.78, 5) is 33.9. The molecular formula is C29H35N3O5S. The fourth-order valence-corrected chi connectivity index (χ4v) is 5.10. The van der Waals surface area contributed by atoms with Gasteiger partial charge in [0.15, 0.2) is 6.61 Å². The van der Waals surface area contributed by atoms with E-state index >= 15 is 0 Å². The monoisotopic (exact) mass is 537 g/mol. The van der Waals surface area contributed by atoms with Gasteiger partial charge < -0.3 is 24.1 Å². The number of likely N-dealkylation sites (tertiary alicyclic amines) is 1. The van der Waals surface area contributed by atoms with Gasteiger partial charge in [-0.25, -0.2) is 0 Å². The number of benzene rings is 2. The number of hydrogen-bond acceptors (Lipinski definition) is 7. The topological polar surface area (TPSA) is 80.7 Å². The Morgan fingerprint density at radius 1 is 1.05 bits per heavy atom. The van der Waals surface area contributed by atoms with Gasteiger partial charge in [-0.1, -0.05) is 17.3 Å². The molecule has 0 spiro atoms. The molecule has 2 heterocycles. The Morgan fingerprint density at radius 2 is 1.84 bits per heavy atom. The number of hydrogen-bond donors (Lipinski definition) is 0. The Balaban J connectivity index is 1.29. The number of rotatable bonds is 12. The summed E-state index contributed by atoms with van der Waals surface area (Å²) in [5.74, 6) is 0.312. The van der Waals surface area contributed by atoms with Crippen LogP contribution in [-0.4, -0.2) is 74.3 Å². The predicted octanol–water partition coefficient (Wildman–Crippen LogP) is 4.71. The van der Waals surface area contributed by atoms with Crippen molar-refractivity contribution >= 4 is 38.9 Å². The van der Waals surface area contributed by atoms with Crippen molar-refractivity contribution in [1.82, 2.24) is 9.80 Å². The summed E-state index contributed by atoms with van der Waals surface area (Å²) in [5.41, 5.74) is 2.71. The SMILES string of the molecule is COCC/C(=N/OCc1ccc2ccsc2c1)c1ccc(OCC(=O)N(C)CC(=O)N2CCCCC2)cc1. The highest BCUT2D eigenvalue weighted by atomic mass is 32.1. The Labute approximate surface area is 227 Å². The molecule has 2 aromatic carbocycles. The zero-order chi connectivity index (χ0) is 26.7. The smallest absolute Gasteiger partial charge is 0.260 e. The van der Waals surface area contributed by atoms with Crippen LogP contribution in [-0.2, 0) is 25.8 Å². The fourth-order valence-electron chi connectivity index (χ4n) is 4.25. The molecule has 0 radical (unpaired) electrons.